The summed E-state index contributed by atoms with van der Waals surface area (Å²) < 4.78 is 21.4. The second-order valence-corrected chi connectivity index (χ2v) is 6.95. The van der Waals surface area contributed by atoms with Crippen LogP contribution in [0, 0.1) is 0 Å². The fraction of sp³-hybridized carbons (Fsp3) is 0.294. The molecule has 6 heteroatoms. The van der Waals surface area contributed by atoms with Gasteiger partial charge in [0, 0.05) is 7.11 Å². The van der Waals surface area contributed by atoms with E-state index in [1.807, 2.05) is 36.4 Å². The van der Waals surface area contributed by atoms with E-state index in [0.717, 1.165) is 23.3 Å². The van der Waals surface area contributed by atoms with Crippen molar-refractivity contribution in [1.82, 2.24) is 0 Å². The van der Waals surface area contributed by atoms with Gasteiger partial charge in [0.2, 0.25) is 0 Å². The lowest BCUT2D eigenvalue weighted by Gasteiger charge is -2.08. The maximum absolute atomic E-state index is 11.0. The van der Waals surface area contributed by atoms with Gasteiger partial charge in [-0.2, -0.15) is 0 Å². The molecule has 5 nitrogen and oxygen atoms in total. The Hall–Kier alpha value is -1.65. The highest BCUT2D eigenvalue weighted by molar-refractivity contribution is 7.50. The topological polar surface area (TPSA) is 76.0 Å². The predicted octanol–water partition coefficient (Wildman–Crippen LogP) is 2.98. The molecule has 0 fully saturated rings. The van der Waals surface area contributed by atoms with Crippen LogP contribution in [0.1, 0.15) is 16.7 Å². The molecule has 0 atom stereocenters. The first-order valence-corrected chi connectivity index (χ1v) is 9.09. The third-order valence-corrected chi connectivity index (χ3v) is 4.08. The van der Waals surface area contributed by atoms with Gasteiger partial charge in [-0.25, -0.2) is 0 Å². The Kier molecular flexibility index (Phi) is 6.37. The molecule has 2 N–H and O–H groups in total. The summed E-state index contributed by atoms with van der Waals surface area (Å²) in [4.78, 5) is 17.9. The molecule has 2 aromatic carbocycles. The van der Waals surface area contributed by atoms with Crippen LogP contribution in [0.3, 0.4) is 0 Å². The zero-order chi connectivity index (χ0) is 16.7. The lowest BCUT2D eigenvalue weighted by atomic mass is 10.0. The van der Waals surface area contributed by atoms with Gasteiger partial charge in [-0.05, 0) is 35.2 Å². The minimum atomic E-state index is -4.01. The van der Waals surface area contributed by atoms with Crippen molar-refractivity contribution in [2.75, 3.05) is 20.3 Å². The first kappa shape index (κ1) is 17.7. The van der Waals surface area contributed by atoms with Crippen LogP contribution in [-0.4, -0.2) is 30.1 Å². The van der Waals surface area contributed by atoms with Crippen LogP contribution in [-0.2, 0) is 21.9 Å². The highest BCUT2D eigenvalue weighted by Crippen LogP contribution is 2.38. The van der Waals surface area contributed by atoms with E-state index in [0.29, 0.717) is 18.8 Å². The van der Waals surface area contributed by atoms with Crippen LogP contribution in [0.15, 0.2) is 48.5 Å². The summed E-state index contributed by atoms with van der Waals surface area (Å²) in [6.07, 6.45) is 0.537. The molecule has 0 saturated heterocycles. The third kappa shape index (κ3) is 6.55. The number of ether oxygens (including phenoxy) is 2. The van der Waals surface area contributed by atoms with E-state index in [1.54, 1.807) is 19.2 Å². The van der Waals surface area contributed by atoms with Crippen molar-refractivity contribution in [3.05, 3.63) is 65.2 Å². The molecule has 0 heterocycles. The van der Waals surface area contributed by atoms with Crippen LogP contribution < -0.4 is 4.74 Å². The minimum Gasteiger partial charge on any atom is -0.491 e. The van der Waals surface area contributed by atoms with Crippen LogP contribution in [0.4, 0.5) is 0 Å². The second kappa shape index (κ2) is 8.27. The van der Waals surface area contributed by atoms with Gasteiger partial charge < -0.3 is 19.3 Å². The van der Waals surface area contributed by atoms with Crippen molar-refractivity contribution in [3.8, 4) is 5.75 Å². The quantitative estimate of drug-likeness (QED) is 0.572. The number of rotatable bonds is 8. The lowest BCUT2D eigenvalue weighted by Crippen LogP contribution is -2.04. The van der Waals surface area contributed by atoms with Gasteiger partial charge in [0.05, 0.1) is 12.8 Å². The molecule has 0 unspecified atom stereocenters. The molecule has 0 bridgehead atoms. The molecule has 0 aliphatic rings. The van der Waals surface area contributed by atoms with E-state index < -0.39 is 7.60 Å². The molecule has 2 rings (SSSR count). The van der Waals surface area contributed by atoms with Crippen LogP contribution >= 0.6 is 7.60 Å². The zero-order valence-electron chi connectivity index (χ0n) is 13.0. The van der Waals surface area contributed by atoms with Gasteiger partial charge in [0.15, 0.2) is 0 Å². The van der Waals surface area contributed by atoms with E-state index in [-0.39, 0.29) is 6.16 Å². The summed E-state index contributed by atoms with van der Waals surface area (Å²) in [5.41, 5.74) is 2.88. The van der Waals surface area contributed by atoms with E-state index in [4.69, 9.17) is 19.3 Å². The Balaban J connectivity index is 1.92. The molecular formula is C17H21O5P. The summed E-state index contributed by atoms with van der Waals surface area (Å²) in [5.74, 6) is 0.808. The summed E-state index contributed by atoms with van der Waals surface area (Å²) in [7, 11) is -2.37. The van der Waals surface area contributed by atoms with Crippen LogP contribution in [0.25, 0.3) is 0 Å². The molecular weight excluding hydrogens is 315 g/mol. The fourth-order valence-corrected chi connectivity index (χ4v) is 2.87. The molecule has 0 aliphatic heterocycles. The maximum Gasteiger partial charge on any atom is 0.329 e. The first-order valence-electron chi connectivity index (χ1n) is 7.29. The van der Waals surface area contributed by atoms with Crippen molar-refractivity contribution >= 4 is 7.60 Å². The smallest absolute Gasteiger partial charge is 0.329 e. The molecule has 124 valence electrons. The Labute approximate surface area is 136 Å². The SMILES string of the molecule is COCCOc1ccc(Cc2ccc(CP(=O)(O)O)cc2)cc1. The fourth-order valence-electron chi connectivity index (χ4n) is 2.18. The summed E-state index contributed by atoms with van der Waals surface area (Å²) >= 11 is 0. The summed E-state index contributed by atoms with van der Waals surface area (Å²) in [6, 6.07) is 15.2. The Morgan fingerprint density at radius 2 is 1.39 bits per heavy atom. The molecule has 23 heavy (non-hydrogen) atoms. The maximum atomic E-state index is 11.0. The van der Waals surface area contributed by atoms with Crippen molar-refractivity contribution in [2.45, 2.75) is 12.6 Å². The summed E-state index contributed by atoms with van der Waals surface area (Å²) in [6.45, 7) is 1.08. The Bertz CT molecular complexity index is 646. The molecule has 0 aliphatic carbocycles. The monoisotopic (exact) mass is 336 g/mol. The minimum absolute atomic E-state index is 0.221. The number of benzene rings is 2. The largest absolute Gasteiger partial charge is 0.491 e. The van der Waals surface area contributed by atoms with Gasteiger partial charge in [0.1, 0.15) is 12.4 Å². The van der Waals surface area contributed by atoms with Gasteiger partial charge in [-0.3, -0.25) is 4.57 Å². The van der Waals surface area contributed by atoms with Crippen molar-refractivity contribution in [2.24, 2.45) is 0 Å². The standard InChI is InChI=1S/C17H21O5P/c1-21-10-11-22-17-8-6-15(7-9-17)12-14-2-4-16(5-3-14)13-23(18,19)20/h2-9H,10-13H2,1H3,(H2,18,19,20). The predicted molar refractivity (Wildman–Crippen MR) is 88.8 cm³/mol. The van der Waals surface area contributed by atoms with Gasteiger partial charge in [-0.15, -0.1) is 0 Å². The Morgan fingerprint density at radius 1 is 0.870 bits per heavy atom. The summed E-state index contributed by atoms with van der Waals surface area (Å²) in [5, 5.41) is 0. The average molecular weight is 336 g/mol. The van der Waals surface area contributed by atoms with E-state index >= 15 is 0 Å². The Morgan fingerprint density at radius 3 is 1.91 bits per heavy atom. The highest BCUT2D eigenvalue weighted by atomic mass is 31.2. The normalized spacial score (nSPS) is 11.4. The molecule has 0 spiro atoms. The van der Waals surface area contributed by atoms with Gasteiger partial charge in [0.25, 0.3) is 0 Å². The third-order valence-electron chi connectivity index (χ3n) is 3.30. The molecule has 0 amide bonds. The lowest BCUT2D eigenvalue weighted by molar-refractivity contribution is 0.146. The molecule has 0 saturated carbocycles. The van der Waals surface area contributed by atoms with E-state index in [2.05, 4.69) is 0 Å². The van der Waals surface area contributed by atoms with E-state index in [9.17, 15) is 4.57 Å². The zero-order valence-corrected chi connectivity index (χ0v) is 13.9. The van der Waals surface area contributed by atoms with Crippen LogP contribution in [0.2, 0.25) is 0 Å². The van der Waals surface area contributed by atoms with Gasteiger partial charge >= 0.3 is 7.60 Å². The van der Waals surface area contributed by atoms with Crippen LogP contribution in [0.5, 0.6) is 5.75 Å². The first-order chi connectivity index (χ1) is 11.0. The van der Waals surface area contributed by atoms with Gasteiger partial charge in [-0.1, -0.05) is 36.4 Å². The van der Waals surface area contributed by atoms with Crippen molar-refractivity contribution < 1.29 is 23.8 Å². The van der Waals surface area contributed by atoms with Crippen molar-refractivity contribution in [3.63, 3.8) is 0 Å². The van der Waals surface area contributed by atoms with Crippen molar-refractivity contribution in [1.29, 1.82) is 0 Å². The number of methoxy groups -OCH3 is 1. The highest BCUT2D eigenvalue weighted by Gasteiger charge is 2.13. The number of hydrogen-bond acceptors (Lipinski definition) is 3. The second-order valence-electron chi connectivity index (χ2n) is 5.30. The average Bonchev–Trinajstić information content (AvgIpc) is 2.50. The molecule has 0 radical (unpaired) electrons. The molecule has 2 aromatic rings. The molecule has 0 aromatic heterocycles. The van der Waals surface area contributed by atoms with E-state index in [1.165, 1.54) is 0 Å². The number of hydrogen-bond donors (Lipinski definition) is 2.